The van der Waals surface area contributed by atoms with Crippen LogP contribution in [-0.2, 0) is 14.6 Å². The Balaban J connectivity index is 1.91. The second-order valence-corrected chi connectivity index (χ2v) is 9.06. The first kappa shape index (κ1) is 17.9. The van der Waals surface area contributed by atoms with Crippen molar-refractivity contribution in [2.45, 2.75) is 30.2 Å². The maximum absolute atomic E-state index is 12.9. The van der Waals surface area contributed by atoms with Crippen molar-refractivity contribution in [3.63, 3.8) is 0 Å². The number of hydrogen-bond acceptors (Lipinski definition) is 5. The van der Waals surface area contributed by atoms with Crippen LogP contribution in [0.25, 0.3) is 0 Å². The molecule has 2 fully saturated rings. The van der Waals surface area contributed by atoms with Crippen molar-refractivity contribution < 1.29 is 23.1 Å². The summed E-state index contributed by atoms with van der Waals surface area (Å²) < 4.78 is 23.4. The van der Waals surface area contributed by atoms with Gasteiger partial charge in [0.05, 0.1) is 4.90 Å². The molecule has 25 heavy (non-hydrogen) atoms. The number of benzene rings is 1. The van der Waals surface area contributed by atoms with E-state index in [-0.39, 0.29) is 15.9 Å². The van der Waals surface area contributed by atoms with Crippen molar-refractivity contribution in [3.05, 3.63) is 29.8 Å². The molecular formula is C17H22N2O5S. The third-order valence-electron chi connectivity index (χ3n) is 5.23. The molecule has 7 nitrogen and oxygen atoms in total. The summed E-state index contributed by atoms with van der Waals surface area (Å²) in [5, 5.41) is 12.8. The number of carboxylic acid groups (broad SMARTS) is 1. The molecule has 1 amide bonds. The fraction of sp³-hybridized carbons (Fsp3) is 0.529. The number of rotatable bonds is 3. The van der Waals surface area contributed by atoms with Crippen LogP contribution in [0.1, 0.15) is 29.6 Å². The lowest BCUT2D eigenvalue weighted by Gasteiger charge is -2.33. The van der Waals surface area contributed by atoms with Gasteiger partial charge in [-0.15, -0.1) is 0 Å². The minimum atomic E-state index is -3.43. The van der Waals surface area contributed by atoms with Gasteiger partial charge in [-0.05, 0) is 56.0 Å². The molecule has 0 saturated carbocycles. The van der Waals surface area contributed by atoms with Crippen molar-refractivity contribution in [2.75, 3.05) is 25.9 Å². The van der Waals surface area contributed by atoms with Crippen LogP contribution in [-0.4, -0.2) is 62.2 Å². The molecule has 1 aromatic carbocycles. The monoisotopic (exact) mass is 366 g/mol. The average Bonchev–Trinajstić information content (AvgIpc) is 2.93. The smallest absolute Gasteiger partial charge is 0.326 e. The Morgan fingerprint density at radius 2 is 1.96 bits per heavy atom. The topological polar surface area (TPSA) is 104 Å². The third-order valence-corrected chi connectivity index (χ3v) is 6.34. The minimum absolute atomic E-state index is 0.0565. The molecule has 0 radical (unpaired) electrons. The van der Waals surface area contributed by atoms with E-state index in [0.29, 0.717) is 13.0 Å². The zero-order chi connectivity index (χ0) is 18.2. The molecule has 2 saturated heterocycles. The summed E-state index contributed by atoms with van der Waals surface area (Å²) in [4.78, 5) is 26.1. The van der Waals surface area contributed by atoms with Gasteiger partial charge in [0.1, 0.15) is 6.04 Å². The highest BCUT2D eigenvalue weighted by Crippen LogP contribution is 2.42. The molecule has 0 unspecified atom stereocenters. The lowest BCUT2D eigenvalue weighted by Crippen LogP contribution is -2.42. The normalized spacial score (nSPS) is 22.9. The van der Waals surface area contributed by atoms with Gasteiger partial charge in [-0.2, -0.15) is 0 Å². The number of nitrogens with one attached hydrogen (secondary N) is 1. The lowest BCUT2D eigenvalue weighted by atomic mass is 9.77. The molecule has 2 aliphatic rings. The number of piperidine rings is 1. The maximum Gasteiger partial charge on any atom is 0.326 e. The van der Waals surface area contributed by atoms with Gasteiger partial charge in [0, 0.05) is 18.4 Å². The largest absolute Gasteiger partial charge is 0.480 e. The maximum atomic E-state index is 12.9. The van der Waals surface area contributed by atoms with E-state index in [2.05, 4.69) is 5.32 Å². The van der Waals surface area contributed by atoms with E-state index in [1.807, 2.05) is 0 Å². The molecule has 3 rings (SSSR count). The van der Waals surface area contributed by atoms with Crippen LogP contribution in [0.15, 0.2) is 29.2 Å². The van der Waals surface area contributed by atoms with Crippen molar-refractivity contribution in [1.29, 1.82) is 0 Å². The number of hydrogen-bond donors (Lipinski definition) is 2. The van der Waals surface area contributed by atoms with Crippen molar-refractivity contribution in [3.8, 4) is 0 Å². The number of sulfone groups is 1. The van der Waals surface area contributed by atoms with Crippen LogP contribution in [0.3, 0.4) is 0 Å². The van der Waals surface area contributed by atoms with Gasteiger partial charge in [0.15, 0.2) is 9.84 Å². The predicted octanol–water partition coefficient (Wildman–Crippen LogP) is 0.759. The van der Waals surface area contributed by atoms with Crippen molar-refractivity contribution in [1.82, 2.24) is 10.2 Å². The average molecular weight is 366 g/mol. The van der Waals surface area contributed by atoms with E-state index in [1.165, 1.54) is 29.2 Å². The number of carbonyl (C=O) groups excluding carboxylic acids is 1. The van der Waals surface area contributed by atoms with Crippen LogP contribution in [0.2, 0.25) is 0 Å². The summed E-state index contributed by atoms with van der Waals surface area (Å²) in [6.45, 7) is 2.03. The fourth-order valence-corrected chi connectivity index (χ4v) is 4.50. The molecule has 136 valence electrons. The minimum Gasteiger partial charge on any atom is -0.480 e. The quantitative estimate of drug-likeness (QED) is 0.818. The van der Waals surface area contributed by atoms with Gasteiger partial charge < -0.3 is 15.3 Å². The molecule has 2 aliphatic heterocycles. The van der Waals surface area contributed by atoms with Gasteiger partial charge in [0.25, 0.3) is 5.91 Å². The molecule has 0 aromatic heterocycles. The second kappa shape index (κ2) is 6.42. The SMILES string of the molecule is CS(=O)(=O)c1cccc(C(=O)N2CC3(CCNCC3)C[C@H]2C(=O)O)c1. The molecule has 0 aliphatic carbocycles. The number of carboxylic acids is 1. The zero-order valence-corrected chi connectivity index (χ0v) is 14.9. The molecule has 2 heterocycles. The first-order valence-corrected chi connectivity index (χ1v) is 10.2. The van der Waals surface area contributed by atoms with Crippen molar-refractivity contribution in [2.24, 2.45) is 5.41 Å². The molecule has 2 N–H and O–H groups in total. The van der Waals surface area contributed by atoms with Gasteiger partial charge in [-0.25, -0.2) is 13.2 Å². The van der Waals surface area contributed by atoms with E-state index in [4.69, 9.17) is 0 Å². The van der Waals surface area contributed by atoms with E-state index < -0.39 is 27.8 Å². The van der Waals surface area contributed by atoms with Gasteiger partial charge >= 0.3 is 5.97 Å². The number of nitrogens with zero attached hydrogens (tertiary/aromatic N) is 1. The first-order chi connectivity index (χ1) is 11.7. The Labute approximate surface area is 146 Å². The molecule has 0 bridgehead atoms. The van der Waals surface area contributed by atoms with Crippen LogP contribution in [0.4, 0.5) is 0 Å². The molecule has 1 spiro atoms. The highest BCUT2D eigenvalue weighted by atomic mass is 32.2. The molecule has 8 heteroatoms. The third kappa shape index (κ3) is 3.55. The molecule has 1 aromatic rings. The van der Waals surface area contributed by atoms with Gasteiger partial charge in [-0.1, -0.05) is 6.07 Å². The Bertz CT molecular complexity index is 799. The summed E-state index contributed by atoms with van der Waals surface area (Å²) in [6.07, 6.45) is 3.20. The lowest BCUT2D eigenvalue weighted by molar-refractivity contribution is -0.141. The van der Waals surface area contributed by atoms with Gasteiger partial charge in [-0.3, -0.25) is 4.79 Å². The Hall–Kier alpha value is -1.93. The Morgan fingerprint density at radius 3 is 2.56 bits per heavy atom. The standard InChI is InChI=1S/C17H22N2O5S/c1-25(23,24)13-4-2-3-12(9-13)15(20)19-11-17(5-7-18-8-6-17)10-14(19)16(21)22/h2-4,9,14,18H,5-8,10-11H2,1H3,(H,21,22)/t14-/m0/s1. The second-order valence-electron chi connectivity index (χ2n) is 7.04. The van der Waals surface area contributed by atoms with Crippen LogP contribution >= 0.6 is 0 Å². The number of amides is 1. The van der Waals surface area contributed by atoms with Crippen LogP contribution in [0, 0.1) is 5.41 Å². The highest BCUT2D eigenvalue weighted by Gasteiger charge is 2.49. The molecule has 1 atom stereocenters. The van der Waals surface area contributed by atoms with E-state index in [9.17, 15) is 23.1 Å². The number of likely N-dealkylation sites (tertiary alicyclic amines) is 1. The fourth-order valence-electron chi connectivity index (χ4n) is 3.84. The van der Waals surface area contributed by atoms with Crippen molar-refractivity contribution >= 4 is 21.7 Å². The van der Waals surface area contributed by atoms with E-state index in [0.717, 1.165) is 32.2 Å². The zero-order valence-electron chi connectivity index (χ0n) is 14.1. The van der Waals surface area contributed by atoms with Gasteiger partial charge in [0.2, 0.25) is 0 Å². The summed E-state index contributed by atoms with van der Waals surface area (Å²) in [7, 11) is -3.43. The summed E-state index contributed by atoms with van der Waals surface area (Å²) in [5.41, 5.74) is 0.0402. The highest BCUT2D eigenvalue weighted by molar-refractivity contribution is 7.90. The van der Waals surface area contributed by atoms with Crippen LogP contribution < -0.4 is 5.32 Å². The van der Waals surface area contributed by atoms with E-state index in [1.54, 1.807) is 0 Å². The predicted molar refractivity (Wildman–Crippen MR) is 91.2 cm³/mol. The Kier molecular flexibility index (Phi) is 4.59. The first-order valence-electron chi connectivity index (χ1n) is 8.27. The van der Waals surface area contributed by atoms with Crippen LogP contribution in [0.5, 0.6) is 0 Å². The summed E-state index contributed by atoms with van der Waals surface area (Å²) in [5.74, 6) is -1.43. The number of carbonyl (C=O) groups is 2. The summed E-state index contributed by atoms with van der Waals surface area (Å²) >= 11 is 0. The number of aliphatic carboxylic acids is 1. The Morgan fingerprint density at radius 1 is 1.28 bits per heavy atom. The summed E-state index contributed by atoms with van der Waals surface area (Å²) in [6, 6.07) is 4.93. The molecular weight excluding hydrogens is 344 g/mol. The van der Waals surface area contributed by atoms with E-state index >= 15 is 0 Å².